The van der Waals surface area contributed by atoms with Gasteiger partial charge >= 0.3 is 0 Å². The van der Waals surface area contributed by atoms with Crippen LogP contribution in [0.1, 0.15) is 38.3 Å². The molecule has 2 aliphatic rings. The number of hydrogen-bond acceptors (Lipinski definition) is 3. The Labute approximate surface area is 153 Å². The van der Waals surface area contributed by atoms with Gasteiger partial charge < -0.3 is 14.6 Å². The second kappa shape index (κ2) is 6.23. The molecule has 3 atom stereocenters. The molecule has 0 spiro atoms. The summed E-state index contributed by atoms with van der Waals surface area (Å²) in [4.78, 5) is 27.5. The SMILES string of the molecule is CC[C@@]1(CO)C[C@@H]2CC[C@H]1N2C(=O)Cn1c(C)cc(=O)c2ccccc21. The Morgan fingerprint density at radius 1 is 1.31 bits per heavy atom. The van der Waals surface area contributed by atoms with Crippen molar-refractivity contribution in [3.8, 4) is 0 Å². The van der Waals surface area contributed by atoms with E-state index in [0.717, 1.165) is 36.9 Å². The number of aliphatic hydroxyl groups is 1. The number of amides is 1. The quantitative estimate of drug-likeness (QED) is 0.917. The van der Waals surface area contributed by atoms with E-state index < -0.39 is 0 Å². The van der Waals surface area contributed by atoms with Crippen LogP contribution in [0.15, 0.2) is 35.1 Å². The lowest BCUT2D eigenvalue weighted by molar-refractivity contribution is -0.134. The summed E-state index contributed by atoms with van der Waals surface area (Å²) in [6, 6.07) is 9.45. The summed E-state index contributed by atoms with van der Waals surface area (Å²) >= 11 is 0. The zero-order chi connectivity index (χ0) is 18.5. The molecular formula is C21H26N2O3. The zero-order valence-corrected chi connectivity index (χ0v) is 15.4. The molecule has 1 aromatic heterocycles. The van der Waals surface area contributed by atoms with Gasteiger partial charge in [0.15, 0.2) is 5.43 Å². The number of para-hydroxylation sites is 1. The van der Waals surface area contributed by atoms with Crippen LogP contribution in [0.4, 0.5) is 0 Å². The molecule has 26 heavy (non-hydrogen) atoms. The van der Waals surface area contributed by atoms with Gasteiger partial charge in [-0.2, -0.15) is 0 Å². The number of aromatic nitrogens is 1. The molecular weight excluding hydrogens is 328 g/mol. The average molecular weight is 354 g/mol. The second-order valence-corrected chi connectivity index (χ2v) is 7.88. The van der Waals surface area contributed by atoms with E-state index in [0.29, 0.717) is 5.39 Å². The van der Waals surface area contributed by atoms with Gasteiger partial charge in [0.25, 0.3) is 0 Å². The molecule has 0 saturated carbocycles. The monoisotopic (exact) mass is 354 g/mol. The predicted octanol–water partition coefficient (Wildman–Crippen LogP) is 2.46. The molecule has 0 radical (unpaired) electrons. The van der Waals surface area contributed by atoms with Gasteiger partial charge in [0.2, 0.25) is 5.91 Å². The normalized spacial score (nSPS) is 27.4. The number of aliphatic hydroxyl groups excluding tert-OH is 1. The van der Waals surface area contributed by atoms with Crippen molar-refractivity contribution in [3.05, 3.63) is 46.2 Å². The molecule has 5 heteroatoms. The highest BCUT2D eigenvalue weighted by Crippen LogP contribution is 2.51. The third kappa shape index (κ3) is 2.41. The molecule has 5 nitrogen and oxygen atoms in total. The molecule has 1 aromatic carbocycles. The first-order chi connectivity index (χ1) is 12.5. The highest BCUT2D eigenvalue weighted by molar-refractivity contribution is 5.83. The lowest BCUT2D eigenvalue weighted by Gasteiger charge is -2.35. The summed E-state index contributed by atoms with van der Waals surface area (Å²) in [6.07, 6.45) is 3.81. The van der Waals surface area contributed by atoms with Crippen molar-refractivity contribution in [2.75, 3.05) is 6.61 Å². The van der Waals surface area contributed by atoms with Crippen molar-refractivity contribution in [2.24, 2.45) is 5.41 Å². The Morgan fingerprint density at radius 3 is 2.77 bits per heavy atom. The maximum atomic E-state index is 13.2. The van der Waals surface area contributed by atoms with Crippen LogP contribution >= 0.6 is 0 Å². The van der Waals surface area contributed by atoms with Gasteiger partial charge in [-0.3, -0.25) is 9.59 Å². The van der Waals surface area contributed by atoms with Gasteiger partial charge in [0.1, 0.15) is 6.54 Å². The summed E-state index contributed by atoms with van der Waals surface area (Å²) in [6.45, 7) is 4.38. The highest BCUT2D eigenvalue weighted by Gasteiger charge is 2.56. The van der Waals surface area contributed by atoms with Crippen LogP contribution in [-0.2, 0) is 11.3 Å². The van der Waals surface area contributed by atoms with Gasteiger partial charge in [-0.1, -0.05) is 19.1 Å². The van der Waals surface area contributed by atoms with E-state index in [1.165, 1.54) is 0 Å². The van der Waals surface area contributed by atoms with Crippen LogP contribution < -0.4 is 5.43 Å². The highest BCUT2D eigenvalue weighted by atomic mass is 16.3. The number of nitrogens with zero attached hydrogens (tertiary/aromatic N) is 2. The van der Waals surface area contributed by atoms with E-state index in [4.69, 9.17) is 0 Å². The van der Waals surface area contributed by atoms with E-state index >= 15 is 0 Å². The fraction of sp³-hybridized carbons (Fsp3) is 0.524. The topological polar surface area (TPSA) is 62.5 Å². The summed E-state index contributed by atoms with van der Waals surface area (Å²) in [7, 11) is 0. The second-order valence-electron chi connectivity index (χ2n) is 7.88. The molecule has 0 aliphatic carbocycles. The predicted molar refractivity (Wildman–Crippen MR) is 101 cm³/mol. The Hall–Kier alpha value is -2.14. The van der Waals surface area contributed by atoms with Crippen LogP contribution in [0.2, 0.25) is 0 Å². The lowest BCUT2D eigenvalue weighted by atomic mass is 9.72. The molecule has 0 unspecified atom stereocenters. The first-order valence-corrected chi connectivity index (χ1v) is 9.52. The molecule has 2 aromatic rings. The third-order valence-electron chi connectivity index (χ3n) is 6.68. The number of rotatable bonds is 4. The first kappa shape index (κ1) is 17.3. The van der Waals surface area contributed by atoms with Crippen molar-refractivity contribution in [1.29, 1.82) is 0 Å². The van der Waals surface area contributed by atoms with Crippen LogP contribution in [0.5, 0.6) is 0 Å². The summed E-state index contributed by atoms with van der Waals surface area (Å²) in [5, 5.41) is 10.6. The Morgan fingerprint density at radius 2 is 2.08 bits per heavy atom. The van der Waals surface area contributed by atoms with Crippen molar-refractivity contribution in [1.82, 2.24) is 9.47 Å². The van der Waals surface area contributed by atoms with Crippen molar-refractivity contribution < 1.29 is 9.90 Å². The fourth-order valence-corrected chi connectivity index (χ4v) is 5.21. The maximum absolute atomic E-state index is 13.2. The van der Waals surface area contributed by atoms with Crippen molar-refractivity contribution in [3.63, 3.8) is 0 Å². The first-order valence-electron chi connectivity index (χ1n) is 9.52. The number of pyridine rings is 1. The van der Waals surface area contributed by atoms with Gasteiger partial charge in [0.05, 0.1) is 12.1 Å². The minimum atomic E-state index is -0.140. The van der Waals surface area contributed by atoms with Crippen LogP contribution in [0.25, 0.3) is 10.9 Å². The Balaban J connectivity index is 1.68. The van der Waals surface area contributed by atoms with Crippen LogP contribution in [0, 0.1) is 12.3 Å². The molecule has 2 fully saturated rings. The molecule has 2 saturated heterocycles. The molecule has 2 aliphatic heterocycles. The van der Waals surface area contributed by atoms with E-state index in [9.17, 15) is 14.7 Å². The van der Waals surface area contributed by atoms with E-state index in [1.54, 1.807) is 6.07 Å². The number of carbonyl (C=O) groups is 1. The molecule has 4 rings (SSSR count). The molecule has 138 valence electrons. The third-order valence-corrected chi connectivity index (χ3v) is 6.68. The standard InChI is InChI=1S/C21H26N2O3/c1-3-21(13-24)11-15-8-9-19(21)23(15)20(26)12-22-14(2)10-18(25)16-6-4-5-7-17(16)22/h4-7,10,15,19,24H,3,8-9,11-13H2,1-2H3/t15-,19+,21-/m0/s1. The van der Waals surface area contributed by atoms with E-state index in [2.05, 4.69) is 6.92 Å². The number of fused-ring (bicyclic) bond motifs is 3. The zero-order valence-electron chi connectivity index (χ0n) is 15.4. The number of carbonyl (C=O) groups excluding carboxylic acids is 1. The Kier molecular flexibility index (Phi) is 4.14. The fourth-order valence-electron chi connectivity index (χ4n) is 5.21. The number of hydrogen-bond donors (Lipinski definition) is 1. The number of benzene rings is 1. The maximum Gasteiger partial charge on any atom is 0.243 e. The van der Waals surface area contributed by atoms with Gasteiger partial charge in [-0.05, 0) is 44.7 Å². The van der Waals surface area contributed by atoms with Crippen LogP contribution in [0.3, 0.4) is 0 Å². The molecule has 1 amide bonds. The van der Waals surface area contributed by atoms with Crippen LogP contribution in [-0.4, -0.2) is 39.2 Å². The van der Waals surface area contributed by atoms with Gasteiger partial charge in [-0.25, -0.2) is 0 Å². The summed E-state index contributed by atoms with van der Waals surface area (Å²) in [5.41, 5.74) is 1.46. The molecule has 3 heterocycles. The van der Waals surface area contributed by atoms with Crippen molar-refractivity contribution in [2.45, 2.75) is 58.2 Å². The van der Waals surface area contributed by atoms with Gasteiger partial charge in [-0.15, -0.1) is 0 Å². The molecule has 2 bridgehead atoms. The summed E-state index contributed by atoms with van der Waals surface area (Å²) in [5.74, 6) is 0.0955. The number of aryl methyl sites for hydroxylation is 1. The average Bonchev–Trinajstić information content (AvgIpc) is 3.21. The molecule has 1 N–H and O–H groups in total. The minimum Gasteiger partial charge on any atom is -0.396 e. The van der Waals surface area contributed by atoms with Gasteiger partial charge in [0, 0.05) is 34.6 Å². The minimum absolute atomic E-state index is 0.00618. The van der Waals surface area contributed by atoms with E-state index in [-0.39, 0.29) is 42.0 Å². The van der Waals surface area contributed by atoms with Crippen molar-refractivity contribution >= 4 is 16.8 Å². The Bertz CT molecular complexity index is 913. The smallest absolute Gasteiger partial charge is 0.243 e. The largest absolute Gasteiger partial charge is 0.396 e. The van der Waals surface area contributed by atoms with E-state index in [1.807, 2.05) is 40.7 Å². The lowest BCUT2D eigenvalue weighted by Crippen LogP contribution is -2.43. The summed E-state index contributed by atoms with van der Waals surface area (Å²) < 4.78 is 1.95.